The van der Waals surface area contributed by atoms with Gasteiger partial charge in [0.25, 0.3) is 0 Å². The lowest BCUT2D eigenvalue weighted by atomic mass is 9.91. The molecule has 1 fully saturated rings. The molecule has 4 heteroatoms. The SMILES string of the molecule is CC1CCCC(Sc2ncc(C(=O)O)c3ccccc23)C1. The third-order valence-corrected chi connectivity index (χ3v) is 5.47. The highest BCUT2D eigenvalue weighted by Gasteiger charge is 2.22. The lowest BCUT2D eigenvalue weighted by Gasteiger charge is -2.26. The van der Waals surface area contributed by atoms with Crippen molar-refractivity contribution in [2.24, 2.45) is 5.92 Å². The second-order valence-electron chi connectivity index (χ2n) is 5.84. The van der Waals surface area contributed by atoms with Crippen molar-refractivity contribution in [3.63, 3.8) is 0 Å². The maximum Gasteiger partial charge on any atom is 0.337 e. The first-order valence-electron chi connectivity index (χ1n) is 7.43. The van der Waals surface area contributed by atoms with Gasteiger partial charge in [-0.05, 0) is 18.8 Å². The maximum atomic E-state index is 11.3. The Morgan fingerprint density at radius 2 is 2.05 bits per heavy atom. The van der Waals surface area contributed by atoms with Crippen LogP contribution in [0.4, 0.5) is 0 Å². The number of aromatic carboxylic acids is 1. The van der Waals surface area contributed by atoms with E-state index in [9.17, 15) is 9.90 Å². The quantitative estimate of drug-likeness (QED) is 0.900. The van der Waals surface area contributed by atoms with Crippen molar-refractivity contribution in [3.8, 4) is 0 Å². The summed E-state index contributed by atoms with van der Waals surface area (Å²) in [6.45, 7) is 2.31. The fraction of sp³-hybridized carbons (Fsp3) is 0.412. The molecular formula is C17H19NO2S. The molecule has 1 aromatic heterocycles. The molecule has 0 amide bonds. The van der Waals surface area contributed by atoms with Crippen molar-refractivity contribution in [1.82, 2.24) is 4.98 Å². The fourth-order valence-electron chi connectivity index (χ4n) is 3.07. The Bertz CT molecular complexity index is 671. The largest absolute Gasteiger partial charge is 0.478 e. The molecule has 1 aliphatic rings. The zero-order valence-corrected chi connectivity index (χ0v) is 12.9. The Morgan fingerprint density at radius 3 is 2.76 bits per heavy atom. The van der Waals surface area contributed by atoms with Gasteiger partial charge in [0.1, 0.15) is 5.03 Å². The van der Waals surface area contributed by atoms with Crippen LogP contribution in [0.1, 0.15) is 43.0 Å². The van der Waals surface area contributed by atoms with E-state index in [1.165, 1.54) is 31.9 Å². The number of carbonyl (C=O) groups is 1. The number of nitrogens with zero attached hydrogens (tertiary/aromatic N) is 1. The lowest BCUT2D eigenvalue weighted by molar-refractivity contribution is 0.0698. The highest BCUT2D eigenvalue weighted by molar-refractivity contribution is 8.00. The van der Waals surface area contributed by atoms with E-state index >= 15 is 0 Å². The summed E-state index contributed by atoms with van der Waals surface area (Å²) in [5, 5.41) is 12.6. The second kappa shape index (κ2) is 6.06. The van der Waals surface area contributed by atoms with E-state index in [0.717, 1.165) is 21.7 Å². The van der Waals surface area contributed by atoms with E-state index in [1.807, 2.05) is 36.0 Å². The Kier molecular flexibility index (Phi) is 4.15. The summed E-state index contributed by atoms with van der Waals surface area (Å²) < 4.78 is 0. The Labute approximate surface area is 128 Å². The van der Waals surface area contributed by atoms with Gasteiger partial charge in [-0.25, -0.2) is 9.78 Å². The van der Waals surface area contributed by atoms with Gasteiger partial charge in [-0.1, -0.05) is 44.0 Å². The number of hydrogen-bond donors (Lipinski definition) is 1. The molecule has 1 N–H and O–H groups in total. The summed E-state index contributed by atoms with van der Waals surface area (Å²) in [5.74, 6) is -0.137. The normalized spacial score (nSPS) is 22.3. The summed E-state index contributed by atoms with van der Waals surface area (Å²) in [6.07, 6.45) is 6.56. The zero-order chi connectivity index (χ0) is 14.8. The maximum absolute atomic E-state index is 11.3. The first-order chi connectivity index (χ1) is 10.1. The predicted molar refractivity (Wildman–Crippen MR) is 86.0 cm³/mol. The summed E-state index contributed by atoms with van der Waals surface area (Å²) in [6, 6.07) is 7.67. The number of pyridine rings is 1. The predicted octanol–water partition coefficient (Wildman–Crippen LogP) is 4.60. The number of aromatic nitrogens is 1. The summed E-state index contributed by atoms with van der Waals surface area (Å²) in [5.41, 5.74) is 0.284. The van der Waals surface area contributed by atoms with Gasteiger partial charge in [0, 0.05) is 22.2 Å². The van der Waals surface area contributed by atoms with E-state index in [2.05, 4.69) is 11.9 Å². The van der Waals surface area contributed by atoms with E-state index in [4.69, 9.17) is 0 Å². The third kappa shape index (κ3) is 3.05. The minimum Gasteiger partial charge on any atom is -0.478 e. The topological polar surface area (TPSA) is 50.2 Å². The van der Waals surface area contributed by atoms with Gasteiger partial charge in [0.2, 0.25) is 0 Å². The van der Waals surface area contributed by atoms with Crippen LogP contribution in [-0.4, -0.2) is 21.3 Å². The van der Waals surface area contributed by atoms with Crippen molar-refractivity contribution in [2.45, 2.75) is 42.9 Å². The van der Waals surface area contributed by atoms with Crippen LogP contribution in [0.3, 0.4) is 0 Å². The van der Waals surface area contributed by atoms with Gasteiger partial charge in [-0.3, -0.25) is 0 Å². The van der Waals surface area contributed by atoms with Crippen LogP contribution in [0.5, 0.6) is 0 Å². The molecule has 2 unspecified atom stereocenters. The van der Waals surface area contributed by atoms with Gasteiger partial charge < -0.3 is 5.11 Å². The molecule has 1 heterocycles. The van der Waals surface area contributed by atoms with Crippen molar-refractivity contribution in [3.05, 3.63) is 36.0 Å². The zero-order valence-electron chi connectivity index (χ0n) is 12.1. The van der Waals surface area contributed by atoms with Gasteiger partial charge >= 0.3 is 5.97 Å². The number of rotatable bonds is 3. The van der Waals surface area contributed by atoms with E-state index in [0.29, 0.717) is 5.25 Å². The van der Waals surface area contributed by atoms with Crippen molar-refractivity contribution in [1.29, 1.82) is 0 Å². The molecule has 1 aliphatic carbocycles. The summed E-state index contributed by atoms with van der Waals surface area (Å²) in [4.78, 5) is 15.7. The number of benzene rings is 1. The molecule has 3 nitrogen and oxygen atoms in total. The molecule has 2 aromatic rings. The molecule has 0 spiro atoms. The van der Waals surface area contributed by atoms with Crippen LogP contribution in [0.2, 0.25) is 0 Å². The van der Waals surface area contributed by atoms with Gasteiger partial charge in [-0.2, -0.15) is 0 Å². The molecule has 0 radical (unpaired) electrons. The third-order valence-electron chi connectivity index (χ3n) is 4.16. The smallest absolute Gasteiger partial charge is 0.337 e. The Balaban J connectivity index is 1.96. The number of carboxylic acids is 1. The Morgan fingerprint density at radius 1 is 1.29 bits per heavy atom. The van der Waals surface area contributed by atoms with Crippen molar-refractivity contribution in [2.75, 3.05) is 0 Å². The van der Waals surface area contributed by atoms with Gasteiger partial charge in [0.05, 0.1) is 5.56 Å². The van der Waals surface area contributed by atoms with Gasteiger partial charge in [0.15, 0.2) is 0 Å². The van der Waals surface area contributed by atoms with Crippen LogP contribution in [-0.2, 0) is 0 Å². The van der Waals surface area contributed by atoms with Crippen LogP contribution >= 0.6 is 11.8 Å². The monoisotopic (exact) mass is 301 g/mol. The number of carboxylic acid groups (broad SMARTS) is 1. The molecule has 1 saturated carbocycles. The van der Waals surface area contributed by atoms with E-state index in [-0.39, 0.29) is 5.56 Å². The second-order valence-corrected chi connectivity index (χ2v) is 7.13. The highest BCUT2D eigenvalue weighted by atomic mass is 32.2. The van der Waals surface area contributed by atoms with Crippen molar-refractivity contribution < 1.29 is 9.90 Å². The molecular weight excluding hydrogens is 282 g/mol. The number of hydrogen-bond acceptors (Lipinski definition) is 3. The minimum atomic E-state index is -0.915. The molecule has 1 aromatic carbocycles. The fourth-order valence-corrected chi connectivity index (χ4v) is 4.52. The molecule has 110 valence electrons. The van der Waals surface area contributed by atoms with Crippen LogP contribution in [0.25, 0.3) is 10.8 Å². The summed E-state index contributed by atoms with van der Waals surface area (Å²) >= 11 is 1.81. The molecule has 3 rings (SSSR count). The van der Waals surface area contributed by atoms with Crippen molar-refractivity contribution >= 4 is 28.5 Å². The highest BCUT2D eigenvalue weighted by Crippen LogP contribution is 2.38. The average Bonchev–Trinajstić information content (AvgIpc) is 2.47. The number of fused-ring (bicyclic) bond motifs is 1. The first kappa shape index (κ1) is 14.4. The first-order valence-corrected chi connectivity index (χ1v) is 8.31. The minimum absolute atomic E-state index is 0.284. The standard InChI is InChI=1S/C17H19NO2S/c1-11-5-4-6-12(9-11)21-16-14-8-3-2-7-13(14)15(10-18-16)17(19)20/h2-3,7-8,10-12H,4-6,9H2,1H3,(H,19,20). The van der Waals surface area contributed by atoms with Gasteiger partial charge in [-0.15, -0.1) is 11.8 Å². The van der Waals surface area contributed by atoms with E-state index in [1.54, 1.807) is 0 Å². The molecule has 2 atom stereocenters. The van der Waals surface area contributed by atoms with Crippen LogP contribution in [0.15, 0.2) is 35.5 Å². The lowest BCUT2D eigenvalue weighted by Crippen LogP contribution is -2.15. The summed E-state index contributed by atoms with van der Waals surface area (Å²) in [7, 11) is 0. The van der Waals surface area contributed by atoms with Crippen LogP contribution in [0, 0.1) is 5.92 Å². The average molecular weight is 301 g/mol. The molecule has 21 heavy (non-hydrogen) atoms. The molecule has 0 bridgehead atoms. The van der Waals surface area contributed by atoms with Crippen LogP contribution < -0.4 is 0 Å². The molecule has 0 saturated heterocycles. The number of thioether (sulfide) groups is 1. The Hall–Kier alpha value is -1.55. The van der Waals surface area contributed by atoms with E-state index < -0.39 is 5.97 Å². The molecule has 0 aliphatic heterocycles.